The second kappa shape index (κ2) is 8.88. The standard InChI is InChI=1S/C6H9NO2.C2H6/c1-5(4-7-2)6(8)9-3;1-2/h4H,2H2,1,3H3;1-2H3/b5-4+;. The van der Waals surface area contributed by atoms with Gasteiger partial charge in [0.2, 0.25) is 0 Å². The highest BCUT2D eigenvalue weighted by molar-refractivity contribution is 5.87. The van der Waals surface area contributed by atoms with Crippen molar-refractivity contribution in [3.63, 3.8) is 0 Å². The average Bonchev–Trinajstić information content (AvgIpc) is 2.07. The van der Waals surface area contributed by atoms with Crippen molar-refractivity contribution >= 4 is 12.7 Å². The summed E-state index contributed by atoms with van der Waals surface area (Å²) in [5.41, 5.74) is 0.451. The molecule has 0 saturated carbocycles. The maximum absolute atomic E-state index is 10.5. The predicted octanol–water partition coefficient (Wildman–Crippen LogP) is 1.79. The summed E-state index contributed by atoms with van der Waals surface area (Å²) in [7, 11) is 1.32. The molecular formula is C8H15NO2. The van der Waals surface area contributed by atoms with Crippen molar-refractivity contribution < 1.29 is 9.53 Å². The Balaban J connectivity index is 0. The van der Waals surface area contributed by atoms with Gasteiger partial charge in [-0.15, -0.1) is 0 Å². The number of methoxy groups -OCH3 is 1. The normalized spacial score (nSPS) is 9.27. The Morgan fingerprint density at radius 2 is 2.00 bits per heavy atom. The first kappa shape index (κ1) is 12.5. The van der Waals surface area contributed by atoms with Gasteiger partial charge in [-0.2, -0.15) is 0 Å². The molecule has 0 amide bonds. The van der Waals surface area contributed by atoms with Crippen molar-refractivity contribution in [1.29, 1.82) is 0 Å². The van der Waals surface area contributed by atoms with E-state index in [4.69, 9.17) is 0 Å². The number of carbonyl (C=O) groups is 1. The lowest BCUT2D eigenvalue weighted by atomic mass is 10.3. The third kappa shape index (κ3) is 6.77. The van der Waals surface area contributed by atoms with Gasteiger partial charge in [0.05, 0.1) is 12.7 Å². The number of carbonyl (C=O) groups excluding carboxylic acids is 1. The fourth-order valence-electron chi connectivity index (χ4n) is 0.351. The van der Waals surface area contributed by atoms with Gasteiger partial charge in [-0.25, -0.2) is 4.79 Å². The summed E-state index contributed by atoms with van der Waals surface area (Å²) in [6, 6.07) is 0. The molecule has 0 bridgehead atoms. The van der Waals surface area contributed by atoms with E-state index in [1.165, 1.54) is 13.3 Å². The minimum absolute atomic E-state index is 0.373. The van der Waals surface area contributed by atoms with Crippen LogP contribution in [0, 0.1) is 0 Å². The smallest absolute Gasteiger partial charge is 0.334 e. The highest BCUT2D eigenvalue weighted by Crippen LogP contribution is 1.93. The molecule has 0 N–H and O–H groups in total. The van der Waals surface area contributed by atoms with E-state index < -0.39 is 0 Å². The van der Waals surface area contributed by atoms with Crippen LogP contribution in [0.25, 0.3) is 0 Å². The third-order valence-corrected chi connectivity index (χ3v) is 0.792. The summed E-state index contributed by atoms with van der Waals surface area (Å²) in [5.74, 6) is -0.373. The summed E-state index contributed by atoms with van der Waals surface area (Å²) in [4.78, 5) is 13.9. The van der Waals surface area contributed by atoms with Crippen LogP contribution < -0.4 is 0 Å². The average molecular weight is 157 g/mol. The monoisotopic (exact) mass is 157 g/mol. The molecule has 0 radical (unpaired) electrons. The minimum Gasteiger partial charge on any atom is -0.466 e. The van der Waals surface area contributed by atoms with Crippen molar-refractivity contribution in [2.75, 3.05) is 7.11 Å². The molecule has 0 aromatic carbocycles. The van der Waals surface area contributed by atoms with Crippen LogP contribution in [-0.2, 0) is 9.53 Å². The highest BCUT2D eigenvalue weighted by atomic mass is 16.5. The number of nitrogens with zero attached hydrogens (tertiary/aromatic N) is 1. The van der Waals surface area contributed by atoms with Gasteiger partial charge in [-0.1, -0.05) is 13.8 Å². The van der Waals surface area contributed by atoms with Gasteiger partial charge < -0.3 is 4.74 Å². The Morgan fingerprint density at radius 1 is 1.55 bits per heavy atom. The second-order valence-electron chi connectivity index (χ2n) is 1.49. The first-order valence-electron chi connectivity index (χ1n) is 3.43. The van der Waals surface area contributed by atoms with E-state index in [0.717, 1.165) is 0 Å². The molecule has 0 aromatic heterocycles. The van der Waals surface area contributed by atoms with Crippen molar-refractivity contribution in [3.05, 3.63) is 11.8 Å². The lowest BCUT2D eigenvalue weighted by Crippen LogP contribution is -2.00. The molecule has 3 heteroatoms. The van der Waals surface area contributed by atoms with Gasteiger partial charge in [-0.05, 0) is 13.6 Å². The minimum atomic E-state index is -0.373. The van der Waals surface area contributed by atoms with Crippen molar-refractivity contribution in [2.24, 2.45) is 4.99 Å². The molecule has 0 fully saturated rings. The zero-order valence-corrected chi connectivity index (χ0v) is 7.55. The molecule has 0 heterocycles. The molecule has 0 rings (SSSR count). The first-order valence-corrected chi connectivity index (χ1v) is 3.43. The number of hydrogen-bond acceptors (Lipinski definition) is 3. The van der Waals surface area contributed by atoms with Gasteiger partial charge in [-0.3, -0.25) is 4.99 Å². The highest BCUT2D eigenvalue weighted by Gasteiger charge is 1.99. The van der Waals surface area contributed by atoms with Crippen molar-refractivity contribution in [3.8, 4) is 0 Å². The van der Waals surface area contributed by atoms with Crippen LogP contribution in [0.3, 0.4) is 0 Å². The SMILES string of the molecule is C=N/C=C(\C)C(=O)OC.CC. The molecule has 3 nitrogen and oxygen atoms in total. The zero-order valence-electron chi connectivity index (χ0n) is 7.55. The number of aliphatic imine (C=N–C) groups is 1. The van der Waals surface area contributed by atoms with Crippen LogP contribution >= 0.6 is 0 Å². The maximum atomic E-state index is 10.5. The Hall–Kier alpha value is -1.12. The van der Waals surface area contributed by atoms with E-state index in [2.05, 4.69) is 16.4 Å². The predicted molar refractivity (Wildman–Crippen MR) is 46.7 cm³/mol. The second-order valence-corrected chi connectivity index (χ2v) is 1.49. The van der Waals surface area contributed by atoms with Gasteiger partial charge in [0.15, 0.2) is 0 Å². The van der Waals surface area contributed by atoms with E-state index in [9.17, 15) is 4.79 Å². The zero-order chi connectivity index (χ0) is 9.28. The van der Waals surface area contributed by atoms with Crippen LogP contribution in [0.15, 0.2) is 16.8 Å². The number of rotatable bonds is 2. The number of esters is 1. The Labute approximate surface area is 67.8 Å². The van der Waals surface area contributed by atoms with E-state index in [1.54, 1.807) is 6.92 Å². The van der Waals surface area contributed by atoms with Crippen molar-refractivity contribution in [1.82, 2.24) is 0 Å². The van der Waals surface area contributed by atoms with Gasteiger partial charge in [0, 0.05) is 6.20 Å². The van der Waals surface area contributed by atoms with Crippen molar-refractivity contribution in [2.45, 2.75) is 20.8 Å². The summed E-state index contributed by atoms with van der Waals surface area (Å²) in [6.45, 7) is 8.79. The lowest BCUT2D eigenvalue weighted by Gasteiger charge is -1.93. The molecule has 0 aliphatic carbocycles. The van der Waals surface area contributed by atoms with E-state index in [-0.39, 0.29) is 5.97 Å². The molecule has 0 aliphatic rings. The molecule has 0 atom stereocenters. The van der Waals surface area contributed by atoms with E-state index in [1.807, 2.05) is 13.8 Å². The molecule has 0 unspecified atom stereocenters. The molecule has 0 spiro atoms. The largest absolute Gasteiger partial charge is 0.466 e. The van der Waals surface area contributed by atoms with Gasteiger partial charge >= 0.3 is 5.97 Å². The van der Waals surface area contributed by atoms with Gasteiger partial charge in [0.1, 0.15) is 0 Å². The Morgan fingerprint density at radius 3 is 2.27 bits per heavy atom. The van der Waals surface area contributed by atoms with Crippen LogP contribution in [0.5, 0.6) is 0 Å². The number of hydrogen-bond donors (Lipinski definition) is 0. The Bertz CT molecular complexity index is 150. The van der Waals surface area contributed by atoms with Crippen LogP contribution in [0.4, 0.5) is 0 Å². The summed E-state index contributed by atoms with van der Waals surface area (Å²) in [6.07, 6.45) is 1.35. The lowest BCUT2D eigenvalue weighted by molar-refractivity contribution is -0.136. The molecule has 0 aromatic rings. The van der Waals surface area contributed by atoms with Gasteiger partial charge in [0.25, 0.3) is 0 Å². The molecule has 0 saturated heterocycles. The van der Waals surface area contributed by atoms with E-state index >= 15 is 0 Å². The Kier molecular flexibility index (Phi) is 10.1. The molecule has 0 aliphatic heterocycles. The first-order chi connectivity index (χ1) is 5.22. The summed E-state index contributed by atoms with van der Waals surface area (Å²) < 4.78 is 4.37. The van der Waals surface area contributed by atoms with Crippen LogP contribution in [-0.4, -0.2) is 19.8 Å². The fraction of sp³-hybridized carbons (Fsp3) is 0.500. The molecular weight excluding hydrogens is 142 g/mol. The molecule has 11 heavy (non-hydrogen) atoms. The van der Waals surface area contributed by atoms with Crippen LogP contribution in [0.1, 0.15) is 20.8 Å². The summed E-state index contributed by atoms with van der Waals surface area (Å²) in [5, 5.41) is 0. The van der Waals surface area contributed by atoms with E-state index in [0.29, 0.717) is 5.57 Å². The fourth-order valence-corrected chi connectivity index (χ4v) is 0.351. The van der Waals surface area contributed by atoms with Crippen LogP contribution in [0.2, 0.25) is 0 Å². The number of ether oxygens (including phenoxy) is 1. The topological polar surface area (TPSA) is 38.7 Å². The molecule has 64 valence electrons. The third-order valence-electron chi connectivity index (χ3n) is 0.792. The maximum Gasteiger partial charge on any atom is 0.334 e. The quantitative estimate of drug-likeness (QED) is 0.348. The summed E-state index contributed by atoms with van der Waals surface area (Å²) >= 11 is 0.